The van der Waals surface area contributed by atoms with Gasteiger partial charge in [0.15, 0.2) is 0 Å². The Morgan fingerprint density at radius 2 is 1.63 bits per heavy atom. The molecular formula is C18H15ClFN3O4. The lowest BCUT2D eigenvalue weighted by atomic mass is 10.1. The van der Waals surface area contributed by atoms with Gasteiger partial charge < -0.3 is 9.80 Å². The fourth-order valence-electron chi connectivity index (χ4n) is 2.88. The third-order valence-electron chi connectivity index (χ3n) is 4.32. The predicted octanol–water partition coefficient (Wildman–Crippen LogP) is 2.99. The van der Waals surface area contributed by atoms with Crippen LogP contribution < -0.4 is 0 Å². The van der Waals surface area contributed by atoms with Gasteiger partial charge >= 0.3 is 0 Å². The second-order valence-electron chi connectivity index (χ2n) is 6.02. The van der Waals surface area contributed by atoms with E-state index in [0.717, 1.165) is 6.07 Å². The number of carbonyl (C=O) groups is 2. The summed E-state index contributed by atoms with van der Waals surface area (Å²) in [6.07, 6.45) is 0. The highest BCUT2D eigenvalue weighted by molar-refractivity contribution is 6.34. The molecule has 9 heteroatoms. The van der Waals surface area contributed by atoms with E-state index >= 15 is 0 Å². The first-order valence-electron chi connectivity index (χ1n) is 8.15. The molecule has 1 saturated heterocycles. The molecule has 27 heavy (non-hydrogen) atoms. The highest BCUT2D eigenvalue weighted by Crippen LogP contribution is 2.24. The van der Waals surface area contributed by atoms with E-state index in [1.165, 1.54) is 35.2 Å². The first kappa shape index (κ1) is 18.8. The minimum absolute atomic E-state index is 0.00691. The zero-order valence-corrected chi connectivity index (χ0v) is 14.9. The van der Waals surface area contributed by atoms with Crippen molar-refractivity contribution in [2.45, 2.75) is 0 Å². The van der Waals surface area contributed by atoms with Gasteiger partial charge in [0.2, 0.25) is 0 Å². The molecule has 0 aliphatic carbocycles. The number of nitro benzene ring substituents is 1. The van der Waals surface area contributed by atoms with Crippen molar-refractivity contribution < 1.29 is 18.9 Å². The molecule has 1 fully saturated rings. The van der Waals surface area contributed by atoms with Gasteiger partial charge in [-0.25, -0.2) is 4.39 Å². The van der Waals surface area contributed by atoms with Crippen molar-refractivity contribution in [1.29, 1.82) is 0 Å². The molecule has 2 aromatic rings. The lowest BCUT2D eigenvalue weighted by Gasteiger charge is -2.35. The summed E-state index contributed by atoms with van der Waals surface area (Å²) in [7, 11) is 0. The molecule has 1 aliphatic rings. The Morgan fingerprint density at radius 3 is 2.19 bits per heavy atom. The maximum atomic E-state index is 13.3. The highest BCUT2D eigenvalue weighted by atomic mass is 35.5. The molecule has 3 rings (SSSR count). The van der Waals surface area contributed by atoms with Crippen molar-refractivity contribution in [3.8, 4) is 0 Å². The Hall–Kier alpha value is -3.00. The highest BCUT2D eigenvalue weighted by Gasteiger charge is 2.27. The van der Waals surface area contributed by atoms with Crippen LogP contribution in [0.2, 0.25) is 5.02 Å². The number of nitro groups is 1. The van der Waals surface area contributed by atoms with Crippen molar-refractivity contribution in [1.82, 2.24) is 9.80 Å². The molecule has 0 saturated carbocycles. The molecule has 1 aliphatic heterocycles. The number of halogens is 2. The lowest BCUT2D eigenvalue weighted by Crippen LogP contribution is -2.50. The number of carbonyl (C=O) groups excluding carboxylic acids is 2. The minimum atomic E-state index is -0.586. The Kier molecular flexibility index (Phi) is 5.36. The average molecular weight is 392 g/mol. The van der Waals surface area contributed by atoms with Crippen molar-refractivity contribution in [3.63, 3.8) is 0 Å². The SMILES string of the molecule is O=C(c1cccc(F)c1)N1CCN(C(=O)c2ccc([N+](=O)[O-])cc2Cl)CC1. The topological polar surface area (TPSA) is 83.8 Å². The van der Waals surface area contributed by atoms with Crippen LogP contribution in [0, 0.1) is 15.9 Å². The monoisotopic (exact) mass is 391 g/mol. The van der Waals surface area contributed by atoms with Gasteiger partial charge in [0, 0.05) is 43.9 Å². The van der Waals surface area contributed by atoms with Crippen LogP contribution in [0.1, 0.15) is 20.7 Å². The first-order chi connectivity index (χ1) is 12.9. The molecule has 0 atom stereocenters. The van der Waals surface area contributed by atoms with E-state index < -0.39 is 10.7 Å². The number of hydrogen-bond donors (Lipinski definition) is 0. The Bertz CT molecular complexity index is 913. The molecule has 140 valence electrons. The van der Waals surface area contributed by atoms with Gasteiger partial charge in [-0.1, -0.05) is 17.7 Å². The van der Waals surface area contributed by atoms with Crippen molar-refractivity contribution >= 4 is 29.1 Å². The number of benzene rings is 2. The number of rotatable bonds is 3. The molecule has 0 N–H and O–H groups in total. The van der Waals surface area contributed by atoms with Gasteiger partial charge in [-0.3, -0.25) is 19.7 Å². The van der Waals surface area contributed by atoms with Crippen LogP contribution in [-0.4, -0.2) is 52.7 Å². The minimum Gasteiger partial charge on any atom is -0.335 e. The largest absolute Gasteiger partial charge is 0.335 e. The second-order valence-corrected chi connectivity index (χ2v) is 6.42. The summed E-state index contributed by atoms with van der Waals surface area (Å²) in [5.74, 6) is -1.13. The van der Waals surface area contributed by atoms with E-state index in [9.17, 15) is 24.1 Å². The third kappa shape index (κ3) is 4.06. The van der Waals surface area contributed by atoms with Crippen LogP contribution >= 0.6 is 11.6 Å². The Balaban J connectivity index is 1.66. The van der Waals surface area contributed by atoms with Crippen molar-refractivity contribution in [2.75, 3.05) is 26.2 Å². The maximum absolute atomic E-state index is 13.3. The standard InChI is InChI=1S/C18H15ClFN3O4/c19-16-11-14(23(26)27)4-5-15(16)18(25)22-8-6-21(7-9-22)17(24)12-2-1-3-13(20)10-12/h1-5,10-11H,6-9H2. The zero-order chi connectivity index (χ0) is 19.6. The molecule has 0 aromatic heterocycles. The summed E-state index contributed by atoms with van der Waals surface area (Å²) < 4.78 is 13.3. The van der Waals surface area contributed by atoms with E-state index in [-0.39, 0.29) is 46.7 Å². The van der Waals surface area contributed by atoms with Crippen LogP contribution in [0.25, 0.3) is 0 Å². The number of hydrogen-bond acceptors (Lipinski definition) is 4. The van der Waals surface area contributed by atoms with Gasteiger partial charge in [-0.05, 0) is 24.3 Å². The van der Waals surface area contributed by atoms with Gasteiger partial charge in [-0.2, -0.15) is 0 Å². The third-order valence-corrected chi connectivity index (χ3v) is 4.63. The Morgan fingerprint density at radius 1 is 1.00 bits per heavy atom. The van der Waals surface area contributed by atoms with Crippen LogP contribution in [0.4, 0.5) is 10.1 Å². The molecule has 1 heterocycles. The fraction of sp³-hybridized carbons (Fsp3) is 0.222. The molecule has 0 spiro atoms. The molecule has 2 amide bonds. The summed E-state index contributed by atoms with van der Waals surface area (Å²) >= 11 is 6.01. The summed E-state index contributed by atoms with van der Waals surface area (Å²) in [4.78, 5) is 38.3. The molecule has 7 nitrogen and oxygen atoms in total. The van der Waals surface area contributed by atoms with E-state index in [4.69, 9.17) is 11.6 Å². The van der Waals surface area contributed by atoms with Crippen LogP contribution in [-0.2, 0) is 0 Å². The van der Waals surface area contributed by atoms with E-state index in [2.05, 4.69) is 0 Å². The van der Waals surface area contributed by atoms with E-state index in [1.54, 1.807) is 11.0 Å². The Labute approximate surface area is 159 Å². The van der Waals surface area contributed by atoms with Gasteiger partial charge in [0.05, 0.1) is 15.5 Å². The second kappa shape index (κ2) is 7.71. The van der Waals surface area contributed by atoms with Crippen LogP contribution in [0.5, 0.6) is 0 Å². The van der Waals surface area contributed by atoms with E-state index in [0.29, 0.717) is 13.1 Å². The van der Waals surface area contributed by atoms with E-state index in [1.807, 2.05) is 0 Å². The maximum Gasteiger partial charge on any atom is 0.270 e. The predicted molar refractivity (Wildman–Crippen MR) is 96.3 cm³/mol. The normalized spacial score (nSPS) is 14.1. The number of nitrogens with zero attached hydrogens (tertiary/aromatic N) is 3. The molecular weight excluding hydrogens is 377 g/mol. The molecule has 0 bridgehead atoms. The lowest BCUT2D eigenvalue weighted by molar-refractivity contribution is -0.384. The average Bonchev–Trinajstić information content (AvgIpc) is 2.67. The number of piperazine rings is 1. The fourth-order valence-corrected chi connectivity index (χ4v) is 3.13. The molecule has 0 radical (unpaired) electrons. The first-order valence-corrected chi connectivity index (χ1v) is 8.52. The zero-order valence-electron chi connectivity index (χ0n) is 14.1. The quantitative estimate of drug-likeness (QED) is 0.594. The smallest absolute Gasteiger partial charge is 0.270 e. The van der Waals surface area contributed by atoms with Gasteiger partial charge in [-0.15, -0.1) is 0 Å². The molecule has 0 unspecified atom stereocenters. The van der Waals surface area contributed by atoms with Gasteiger partial charge in [0.1, 0.15) is 5.82 Å². The van der Waals surface area contributed by atoms with Crippen molar-refractivity contribution in [2.24, 2.45) is 0 Å². The number of amides is 2. The summed E-state index contributed by atoms with van der Waals surface area (Å²) in [6.45, 7) is 1.16. The van der Waals surface area contributed by atoms with Crippen LogP contribution in [0.15, 0.2) is 42.5 Å². The van der Waals surface area contributed by atoms with Crippen LogP contribution in [0.3, 0.4) is 0 Å². The van der Waals surface area contributed by atoms with Gasteiger partial charge in [0.25, 0.3) is 17.5 Å². The number of non-ortho nitro benzene ring substituents is 1. The summed E-state index contributed by atoms with van der Waals surface area (Å²) in [6, 6.07) is 9.14. The molecule has 2 aromatic carbocycles. The summed E-state index contributed by atoms with van der Waals surface area (Å²) in [5.41, 5.74) is 0.238. The summed E-state index contributed by atoms with van der Waals surface area (Å²) in [5, 5.41) is 10.8. The van der Waals surface area contributed by atoms with Crippen molar-refractivity contribution in [3.05, 3.63) is 74.5 Å².